The highest BCUT2D eigenvalue weighted by Gasteiger charge is 2.18. The van der Waals surface area contributed by atoms with Crippen LogP contribution in [-0.2, 0) is 6.42 Å². The van der Waals surface area contributed by atoms with Gasteiger partial charge in [-0.05, 0) is 37.4 Å². The highest BCUT2D eigenvalue weighted by molar-refractivity contribution is 5.35. The number of nitrogens with one attached hydrogen (secondary N) is 1. The van der Waals surface area contributed by atoms with E-state index in [0.29, 0.717) is 6.10 Å². The number of hydrogen-bond acceptors (Lipinski definition) is 2. The number of para-hydroxylation sites is 1. The van der Waals surface area contributed by atoms with Crippen LogP contribution in [0.15, 0.2) is 24.3 Å². The molecule has 81 valence electrons. The van der Waals surface area contributed by atoms with Crippen molar-refractivity contribution in [1.82, 2.24) is 5.32 Å². The quantitative estimate of drug-likeness (QED) is 0.759. The molecule has 2 rings (SSSR count). The summed E-state index contributed by atoms with van der Waals surface area (Å²) in [4.78, 5) is 0. The van der Waals surface area contributed by atoms with Crippen molar-refractivity contribution in [3.05, 3.63) is 36.2 Å². The molecule has 0 saturated carbocycles. The topological polar surface area (TPSA) is 21.3 Å². The lowest BCUT2D eigenvalue weighted by atomic mass is 10.0. The van der Waals surface area contributed by atoms with Crippen molar-refractivity contribution in [1.29, 1.82) is 0 Å². The molecule has 0 fully saturated rings. The van der Waals surface area contributed by atoms with Gasteiger partial charge >= 0.3 is 0 Å². The minimum absolute atomic E-state index is 0.333. The zero-order valence-corrected chi connectivity index (χ0v) is 9.20. The molecule has 1 aromatic rings. The zero-order chi connectivity index (χ0) is 10.5. The van der Waals surface area contributed by atoms with Gasteiger partial charge in [0.25, 0.3) is 0 Å². The Labute approximate surface area is 91.6 Å². The van der Waals surface area contributed by atoms with E-state index in [1.807, 2.05) is 6.07 Å². The van der Waals surface area contributed by atoms with E-state index >= 15 is 0 Å². The predicted molar refractivity (Wildman–Crippen MR) is 62.0 cm³/mol. The standard InChI is InChI=1S/C13H18NO/c1-2-9-14-10-12-8-7-11-5-3-4-6-13(11)15-12/h2-6,12,14H,7-10H2,1H3. The van der Waals surface area contributed by atoms with Crippen LogP contribution in [0.2, 0.25) is 0 Å². The van der Waals surface area contributed by atoms with Crippen molar-refractivity contribution in [3.8, 4) is 5.75 Å². The van der Waals surface area contributed by atoms with Gasteiger partial charge in [-0.2, -0.15) is 0 Å². The highest BCUT2D eigenvalue weighted by atomic mass is 16.5. The summed E-state index contributed by atoms with van der Waals surface area (Å²) in [5.41, 5.74) is 1.34. The molecule has 2 nitrogen and oxygen atoms in total. The Balaban J connectivity index is 1.88. The molecular weight excluding hydrogens is 186 g/mol. The Morgan fingerprint density at radius 1 is 1.47 bits per heavy atom. The van der Waals surface area contributed by atoms with Gasteiger partial charge in [0.2, 0.25) is 0 Å². The van der Waals surface area contributed by atoms with Gasteiger partial charge in [-0.3, -0.25) is 0 Å². The minimum atomic E-state index is 0.333. The van der Waals surface area contributed by atoms with Gasteiger partial charge in [-0.25, -0.2) is 0 Å². The first-order valence-electron chi connectivity index (χ1n) is 5.63. The highest BCUT2D eigenvalue weighted by Crippen LogP contribution is 2.26. The Hall–Kier alpha value is -1.02. The third kappa shape index (κ3) is 2.72. The summed E-state index contributed by atoms with van der Waals surface area (Å²) in [5, 5.41) is 3.36. The normalized spacial score (nSPS) is 19.4. The molecule has 1 N–H and O–H groups in total. The fraction of sp³-hybridized carbons (Fsp3) is 0.462. The lowest BCUT2D eigenvalue weighted by Crippen LogP contribution is -2.34. The Kier molecular flexibility index (Phi) is 3.62. The van der Waals surface area contributed by atoms with Gasteiger partial charge in [-0.15, -0.1) is 0 Å². The first-order chi connectivity index (χ1) is 7.40. The molecule has 1 aromatic carbocycles. The molecule has 1 atom stereocenters. The molecule has 1 heterocycles. The summed E-state index contributed by atoms with van der Waals surface area (Å²) in [6.07, 6.45) is 4.71. The number of aryl methyl sites for hydroxylation is 1. The molecule has 0 bridgehead atoms. The number of ether oxygens (including phenoxy) is 1. The molecule has 0 spiro atoms. The second-order valence-corrected chi connectivity index (χ2v) is 3.95. The average molecular weight is 204 g/mol. The molecule has 1 unspecified atom stereocenters. The molecule has 2 heteroatoms. The number of hydrogen-bond donors (Lipinski definition) is 1. The zero-order valence-electron chi connectivity index (χ0n) is 9.20. The molecule has 0 aliphatic carbocycles. The van der Waals surface area contributed by atoms with E-state index in [9.17, 15) is 0 Å². The molecule has 1 aliphatic rings. The average Bonchev–Trinajstić information content (AvgIpc) is 2.29. The second kappa shape index (κ2) is 5.17. The van der Waals surface area contributed by atoms with Crippen LogP contribution in [0.4, 0.5) is 0 Å². The third-order valence-electron chi connectivity index (χ3n) is 2.72. The molecule has 0 saturated heterocycles. The number of benzene rings is 1. The van der Waals surface area contributed by atoms with Crippen LogP contribution in [0.3, 0.4) is 0 Å². The van der Waals surface area contributed by atoms with Gasteiger partial charge in [0.1, 0.15) is 11.9 Å². The van der Waals surface area contributed by atoms with E-state index in [-0.39, 0.29) is 0 Å². The van der Waals surface area contributed by atoms with E-state index < -0.39 is 0 Å². The van der Waals surface area contributed by atoms with Gasteiger partial charge in [-0.1, -0.05) is 25.1 Å². The summed E-state index contributed by atoms with van der Waals surface area (Å²) in [5.74, 6) is 1.07. The Bertz CT molecular complexity index is 311. The van der Waals surface area contributed by atoms with Crippen molar-refractivity contribution in [3.63, 3.8) is 0 Å². The summed E-state index contributed by atoms with van der Waals surface area (Å²) >= 11 is 0. The summed E-state index contributed by atoms with van der Waals surface area (Å²) < 4.78 is 5.90. The number of fused-ring (bicyclic) bond motifs is 1. The summed E-state index contributed by atoms with van der Waals surface area (Å²) in [6, 6.07) is 8.33. The fourth-order valence-corrected chi connectivity index (χ4v) is 1.91. The molecular formula is C13H18NO. The maximum atomic E-state index is 5.90. The van der Waals surface area contributed by atoms with Crippen LogP contribution >= 0.6 is 0 Å². The molecule has 1 radical (unpaired) electrons. The molecule has 15 heavy (non-hydrogen) atoms. The van der Waals surface area contributed by atoms with Crippen molar-refractivity contribution >= 4 is 0 Å². The van der Waals surface area contributed by atoms with E-state index in [1.54, 1.807) is 0 Å². The number of rotatable bonds is 4. The predicted octanol–water partition coefficient (Wildman–Crippen LogP) is 2.19. The fourth-order valence-electron chi connectivity index (χ4n) is 1.91. The van der Waals surface area contributed by atoms with Crippen LogP contribution in [0.1, 0.15) is 18.9 Å². The van der Waals surface area contributed by atoms with Crippen molar-refractivity contribution in [2.24, 2.45) is 0 Å². The Morgan fingerprint density at radius 3 is 3.20 bits per heavy atom. The largest absolute Gasteiger partial charge is 0.489 e. The van der Waals surface area contributed by atoms with E-state index in [0.717, 1.165) is 31.7 Å². The van der Waals surface area contributed by atoms with E-state index in [1.165, 1.54) is 5.56 Å². The van der Waals surface area contributed by atoms with Crippen LogP contribution < -0.4 is 10.1 Å². The van der Waals surface area contributed by atoms with Gasteiger partial charge in [0, 0.05) is 6.54 Å². The first-order valence-corrected chi connectivity index (χ1v) is 5.63. The maximum Gasteiger partial charge on any atom is 0.122 e. The third-order valence-corrected chi connectivity index (χ3v) is 2.72. The van der Waals surface area contributed by atoms with Gasteiger partial charge < -0.3 is 10.1 Å². The second-order valence-electron chi connectivity index (χ2n) is 3.95. The van der Waals surface area contributed by atoms with Crippen molar-refractivity contribution < 1.29 is 4.74 Å². The molecule has 0 aromatic heterocycles. The summed E-state index contributed by atoms with van der Waals surface area (Å²) in [7, 11) is 0. The SMILES string of the molecule is C[CH]CNCC1CCc2ccccc2O1. The lowest BCUT2D eigenvalue weighted by Gasteiger charge is -2.26. The maximum absolute atomic E-state index is 5.90. The Morgan fingerprint density at radius 2 is 2.33 bits per heavy atom. The minimum Gasteiger partial charge on any atom is -0.489 e. The van der Waals surface area contributed by atoms with Crippen molar-refractivity contribution in [2.45, 2.75) is 25.9 Å². The van der Waals surface area contributed by atoms with Gasteiger partial charge in [0.15, 0.2) is 0 Å². The van der Waals surface area contributed by atoms with Crippen LogP contribution in [0.5, 0.6) is 5.75 Å². The smallest absolute Gasteiger partial charge is 0.122 e. The molecule has 1 aliphatic heterocycles. The van der Waals surface area contributed by atoms with E-state index in [4.69, 9.17) is 4.74 Å². The van der Waals surface area contributed by atoms with Crippen molar-refractivity contribution in [2.75, 3.05) is 13.1 Å². The molecule has 0 amide bonds. The van der Waals surface area contributed by atoms with Crippen LogP contribution in [-0.4, -0.2) is 19.2 Å². The van der Waals surface area contributed by atoms with Gasteiger partial charge in [0.05, 0.1) is 0 Å². The lowest BCUT2D eigenvalue weighted by molar-refractivity contribution is 0.171. The monoisotopic (exact) mass is 204 g/mol. The van der Waals surface area contributed by atoms with E-state index in [2.05, 4.69) is 36.9 Å². The van der Waals surface area contributed by atoms with Crippen LogP contribution in [0, 0.1) is 6.42 Å². The first kappa shape index (κ1) is 10.5. The van der Waals surface area contributed by atoms with Crippen LogP contribution in [0.25, 0.3) is 0 Å². The summed E-state index contributed by atoms with van der Waals surface area (Å²) in [6.45, 7) is 3.96.